The monoisotopic (exact) mass is 339 g/mol. The Morgan fingerprint density at radius 3 is 2.46 bits per heavy atom. The van der Waals surface area contributed by atoms with Crippen LogP contribution in [0.2, 0.25) is 0 Å². The Kier molecular flexibility index (Phi) is 5.15. The number of aliphatic hydroxyl groups excluding tert-OH is 1. The first-order chi connectivity index (χ1) is 11.5. The van der Waals surface area contributed by atoms with Crippen molar-refractivity contribution in [1.82, 2.24) is 5.32 Å². The fourth-order valence-electron chi connectivity index (χ4n) is 3.76. The van der Waals surface area contributed by atoms with E-state index in [0.29, 0.717) is 51.7 Å². The Bertz CT molecular complexity index is 594. The topological polar surface area (TPSA) is 58.6 Å². The van der Waals surface area contributed by atoms with Gasteiger partial charge in [-0.2, -0.15) is 0 Å². The highest BCUT2D eigenvalue weighted by molar-refractivity contribution is 5.88. The van der Waals surface area contributed by atoms with Crippen molar-refractivity contribution in [1.29, 1.82) is 0 Å². The summed E-state index contributed by atoms with van der Waals surface area (Å²) in [6.07, 6.45) is 3.19. The average molecular weight is 339 g/mol. The van der Waals surface area contributed by atoms with Crippen LogP contribution in [-0.4, -0.2) is 36.4 Å². The number of rotatable bonds is 3. The molecular weight excluding hydrogens is 316 g/mol. The highest BCUT2D eigenvalue weighted by Gasteiger charge is 2.44. The third-order valence-corrected chi connectivity index (χ3v) is 5.26. The quantitative estimate of drug-likeness (QED) is 0.889. The highest BCUT2D eigenvalue weighted by atomic mass is 19.1. The molecule has 1 saturated heterocycles. The van der Waals surface area contributed by atoms with Gasteiger partial charge in [-0.05, 0) is 44.6 Å². The molecule has 1 aliphatic carbocycles. The minimum absolute atomic E-state index is 0.0101. The van der Waals surface area contributed by atoms with E-state index in [1.54, 1.807) is 0 Å². The molecule has 0 atom stereocenters. The number of benzene rings is 1. The summed E-state index contributed by atoms with van der Waals surface area (Å²) >= 11 is 0. The third kappa shape index (κ3) is 3.44. The smallest absolute Gasteiger partial charge is 0.231 e. The molecule has 3 rings (SSSR count). The van der Waals surface area contributed by atoms with Crippen LogP contribution in [0.1, 0.15) is 44.1 Å². The second-order valence-electron chi connectivity index (χ2n) is 6.80. The van der Waals surface area contributed by atoms with Crippen LogP contribution in [0, 0.1) is 11.6 Å². The van der Waals surface area contributed by atoms with Crippen LogP contribution in [0.4, 0.5) is 8.78 Å². The first-order valence-electron chi connectivity index (χ1n) is 8.53. The molecule has 1 saturated carbocycles. The lowest BCUT2D eigenvalue weighted by molar-refractivity contribution is -0.131. The maximum Gasteiger partial charge on any atom is 0.231 e. The summed E-state index contributed by atoms with van der Waals surface area (Å²) in [5, 5.41) is 12.6. The number of hydrogen-bond donors (Lipinski definition) is 2. The molecular formula is C18H23F2NO3. The van der Waals surface area contributed by atoms with Crippen molar-refractivity contribution in [2.45, 2.75) is 56.1 Å². The second-order valence-corrected chi connectivity index (χ2v) is 6.80. The second kappa shape index (κ2) is 7.15. The van der Waals surface area contributed by atoms with Crippen LogP contribution in [0.15, 0.2) is 18.2 Å². The SMILES string of the molecule is O=C(NC1CCC(O)CC1)C1(c2ccc(F)cc2F)CCOCC1. The van der Waals surface area contributed by atoms with Gasteiger partial charge in [0.2, 0.25) is 5.91 Å². The minimum Gasteiger partial charge on any atom is -0.393 e. The van der Waals surface area contributed by atoms with Gasteiger partial charge < -0.3 is 15.2 Å². The lowest BCUT2D eigenvalue weighted by Crippen LogP contribution is -2.52. The van der Waals surface area contributed by atoms with Gasteiger partial charge >= 0.3 is 0 Å². The van der Waals surface area contributed by atoms with E-state index in [-0.39, 0.29) is 23.6 Å². The molecule has 132 valence electrons. The number of hydrogen-bond acceptors (Lipinski definition) is 3. The Labute approximate surface area is 140 Å². The summed E-state index contributed by atoms with van der Waals surface area (Å²) in [6.45, 7) is 0.737. The molecule has 1 aromatic carbocycles. The molecule has 1 aliphatic heterocycles. The lowest BCUT2D eigenvalue weighted by atomic mass is 9.72. The molecule has 1 heterocycles. The molecule has 0 aromatic heterocycles. The van der Waals surface area contributed by atoms with E-state index < -0.39 is 17.0 Å². The van der Waals surface area contributed by atoms with Gasteiger partial charge in [-0.15, -0.1) is 0 Å². The summed E-state index contributed by atoms with van der Waals surface area (Å²) in [7, 11) is 0. The van der Waals surface area contributed by atoms with Gasteiger partial charge in [-0.3, -0.25) is 4.79 Å². The number of carbonyl (C=O) groups excluding carboxylic acids is 1. The van der Waals surface area contributed by atoms with Crippen LogP contribution >= 0.6 is 0 Å². The summed E-state index contributed by atoms with van der Waals surface area (Å²) in [5.74, 6) is -1.57. The molecule has 0 radical (unpaired) electrons. The predicted molar refractivity (Wildman–Crippen MR) is 84.5 cm³/mol. The Morgan fingerprint density at radius 2 is 1.83 bits per heavy atom. The van der Waals surface area contributed by atoms with Crippen molar-refractivity contribution in [2.75, 3.05) is 13.2 Å². The lowest BCUT2D eigenvalue weighted by Gasteiger charge is -2.38. The number of aliphatic hydroxyl groups is 1. The number of amides is 1. The van der Waals surface area contributed by atoms with E-state index in [0.717, 1.165) is 6.07 Å². The van der Waals surface area contributed by atoms with E-state index in [2.05, 4.69) is 5.32 Å². The van der Waals surface area contributed by atoms with Gasteiger partial charge in [-0.25, -0.2) is 8.78 Å². The molecule has 0 bridgehead atoms. The summed E-state index contributed by atoms with van der Waals surface area (Å²) in [6, 6.07) is 3.39. The van der Waals surface area contributed by atoms with E-state index in [4.69, 9.17) is 4.74 Å². The van der Waals surface area contributed by atoms with Crippen molar-refractivity contribution in [3.8, 4) is 0 Å². The zero-order chi connectivity index (χ0) is 17.2. The molecule has 2 fully saturated rings. The highest BCUT2D eigenvalue weighted by Crippen LogP contribution is 2.37. The molecule has 4 nitrogen and oxygen atoms in total. The molecule has 0 spiro atoms. The number of halogens is 2. The molecule has 6 heteroatoms. The average Bonchev–Trinajstić information content (AvgIpc) is 2.57. The summed E-state index contributed by atoms with van der Waals surface area (Å²) in [5.41, 5.74) is -0.785. The van der Waals surface area contributed by atoms with Crippen LogP contribution in [-0.2, 0) is 14.9 Å². The molecule has 24 heavy (non-hydrogen) atoms. The van der Waals surface area contributed by atoms with Crippen LogP contribution < -0.4 is 5.32 Å². The zero-order valence-corrected chi connectivity index (χ0v) is 13.6. The Hall–Kier alpha value is -1.53. The van der Waals surface area contributed by atoms with Crippen LogP contribution in [0.5, 0.6) is 0 Å². The molecule has 1 aromatic rings. The van der Waals surface area contributed by atoms with Gasteiger partial charge in [0.1, 0.15) is 11.6 Å². The van der Waals surface area contributed by atoms with Crippen molar-refractivity contribution in [3.05, 3.63) is 35.4 Å². The van der Waals surface area contributed by atoms with E-state index in [9.17, 15) is 18.7 Å². The van der Waals surface area contributed by atoms with Gasteiger partial charge in [0, 0.05) is 30.9 Å². The molecule has 2 aliphatic rings. The molecule has 2 N–H and O–H groups in total. The first kappa shape index (κ1) is 17.3. The van der Waals surface area contributed by atoms with E-state index in [1.807, 2.05) is 0 Å². The van der Waals surface area contributed by atoms with Crippen molar-refractivity contribution in [2.24, 2.45) is 0 Å². The van der Waals surface area contributed by atoms with Gasteiger partial charge in [0.05, 0.1) is 11.5 Å². The Balaban J connectivity index is 1.84. The first-order valence-corrected chi connectivity index (χ1v) is 8.53. The standard InChI is InChI=1S/C18H23F2NO3/c19-12-1-6-15(16(20)11-12)18(7-9-24-10-8-18)17(23)21-13-2-4-14(22)5-3-13/h1,6,11,13-14,22H,2-5,7-10H2,(H,21,23). The van der Waals surface area contributed by atoms with E-state index >= 15 is 0 Å². The maximum absolute atomic E-state index is 14.4. The van der Waals surface area contributed by atoms with Crippen molar-refractivity contribution < 1.29 is 23.4 Å². The van der Waals surface area contributed by atoms with Crippen LogP contribution in [0.25, 0.3) is 0 Å². The number of carbonyl (C=O) groups is 1. The minimum atomic E-state index is -1.02. The van der Waals surface area contributed by atoms with Crippen molar-refractivity contribution >= 4 is 5.91 Å². The van der Waals surface area contributed by atoms with Gasteiger partial charge in [-0.1, -0.05) is 6.07 Å². The predicted octanol–water partition coefficient (Wildman–Crippen LogP) is 2.43. The number of nitrogens with one attached hydrogen (secondary N) is 1. The summed E-state index contributed by atoms with van der Waals surface area (Å²) < 4.78 is 33.0. The zero-order valence-electron chi connectivity index (χ0n) is 13.6. The Morgan fingerprint density at radius 1 is 1.17 bits per heavy atom. The van der Waals surface area contributed by atoms with E-state index in [1.165, 1.54) is 12.1 Å². The fourth-order valence-corrected chi connectivity index (χ4v) is 3.76. The number of ether oxygens (including phenoxy) is 1. The van der Waals surface area contributed by atoms with Crippen molar-refractivity contribution in [3.63, 3.8) is 0 Å². The van der Waals surface area contributed by atoms with Gasteiger partial charge in [0.15, 0.2) is 0 Å². The van der Waals surface area contributed by atoms with Crippen LogP contribution in [0.3, 0.4) is 0 Å². The molecule has 1 amide bonds. The maximum atomic E-state index is 14.4. The fraction of sp³-hybridized carbons (Fsp3) is 0.611. The normalized spacial score (nSPS) is 26.8. The summed E-state index contributed by atoms with van der Waals surface area (Å²) in [4.78, 5) is 13.0. The molecule has 0 unspecified atom stereocenters. The largest absolute Gasteiger partial charge is 0.393 e. The third-order valence-electron chi connectivity index (χ3n) is 5.26. The van der Waals surface area contributed by atoms with Gasteiger partial charge in [0.25, 0.3) is 0 Å².